The number of hydrogen-bond donors (Lipinski definition) is 1. The molecule has 4 nitrogen and oxygen atoms in total. The summed E-state index contributed by atoms with van der Waals surface area (Å²) in [6, 6.07) is 4.52. The third kappa shape index (κ3) is 1.75. The third-order valence-corrected chi connectivity index (χ3v) is 5.47. The van der Waals surface area contributed by atoms with Gasteiger partial charge in [-0.05, 0) is 38.3 Å². The lowest BCUT2D eigenvalue weighted by Crippen LogP contribution is -2.40. The summed E-state index contributed by atoms with van der Waals surface area (Å²) in [5.41, 5.74) is -0.245. The van der Waals surface area contributed by atoms with Gasteiger partial charge in [0.25, 0.3) is 0 Å². The molecule has 1 aromatic rings. The summed E-state index contributed by atoms with van der Waals surface area (Å²) in [7, 11) is 0. The van der Waals surface area contributed by atoms with Crippen LogP contribution in [-0.4, -0.2) is 35.6 Å². The fourth-order valence-electron chi connectivity index (χ4n) is 3.17. The van der Waals surface area contributed by atoms with Crippen molar-refractivity contribution in [2.45, 2.75) is 43.9 Å². The molecule has 0 aromatic carbocycles. The molecule has 3 heterocycles. The van der Waals surface area contributed by atoms with Gasteiger partial charge in [0.15, 0.2) is 0 Å². The SMILES string of the molecule is Cc1ccc(C2NC3(CC3)C(=O)N2C2CCOC2)s1. The smallest absolute Gasteiger partial charge is 0.244 e. The number of hydrogen-bond acceptors (Lipinski definition) is 4. The van der Waals surface area contributed by atoms with E-state index in [1.165, 1.54) is 9.75 Å². The Morgan fingerprint density at radius 2 is 2.32 bits per heavy atom. The molecule has 102 valence electrons. The van der Waals surface area contributed by atoms with Gasteiger partial charge in [0.2, 0.25) is 5.91 Å². The highest BCUT2D eigenvalue weighted by Crippen LogP contribution is 2.48. The average Bonchev–Trinajstić information content (AvgIpc) is 2.78. The lowest BCUT2D eigenvalue weighted by atomic mass is 10.2. The molecular weight excluding hydrogens is 260 g/mol. The maximum absolute atomic E-state index is 12.7. The van der Waals surface area contributed by atoms with Crippen LogP contribution in [0.2, 0.25) is 0 Å². The Kier molecular flexibility index (Phi) is 2.53. The molecule has 1 spiro atoms. The van der Waals surface area contributed by atoms with Gasteiger partial charge in [-0.2, -0.15) is 0 Å². The minimum absolute atomic E-state index is 0.0559. The Hall–Kier alpha value is -0.910. The first-order chi connectivity index (χ1) is 9.20. The maximum atomic E-state index is 12.7. The van der Waals surface area contributed by atoms with Crippen molar-refractivity contribution < 1.29 is 9.53 Å². The van der Waals surface area contributed by atoms with Crippen molar-refractivity contribution in [3.63, 3.8) is 0 Å². The van der Waals surface area contributed by atoms with Crippen LogP contribution < -0.4 is 5.32 Å². The Balaban J connectivity index is 1.69. The van der Waals surface area contributed by atoms with Crippen LogP contribution in [0.5, 0.6) is 0 Å². The van der Waals surface area contributed by atoms with E-state index in [2.05, 4.69) is 29.3 Å². The number of rotatable bonds is 2. The highest BCUT2D eigenvalue weighted by molar-refractivity contribution is 7.12. The van der Waals surface area contributed by atoms with E-state index in [0.29, 0.717) is 12.5 Å². The summed E-state index contributed by atoms with van der Waals surface area (Å²) in [4.78, 5) is 17.3. The highest BCUT2D eigenvalue weighted by atomic mass is 32.1. The topological polar surface area (TPSA) is 41.6 Å². The molecular formula is C14H18N2O2S. The second-order valence-corrected chi connectivity index (χ2v) is 7.13. The molecule has 1 N–H and O–H groups in total. The van der Waals surface area contributed by atoms with E-state index in [9.17, 15) is 4.79 Å². The number of ether oxygens (including phenoxy) is 1. The van der Waals surface area contributed by atoms with Gasteiger partial charge in [0.1, 0.15) is 11.7 Å². The van der Waals surface area contributed by atoms with E-state index >= 15 is 0 Å². The molecule has 19 heavy (non-hydrogen) atoms. The van der Waals surface area contributed by atoms with E-state index in [4.69, 9.17) is 4.74 Å². The molecule has 2 aliphatic heterocycles. The number of nitrogens with zero attached hydrogens (tertiary/aromatic N) is 1. The van der Waals surface area contributed by atoms with Gasteiger partial charge in [0.05, 0.1) is 12.6 Å². The number of thiophene rings is 1. The van der Waals surface area contributed by atoms with Gasteiger partial charge in [-0.1, -0.05) is 0 Å². The van der Waals surface area contributed by atoms with Crippen molar-refractivity contribution in [1.29, 1.82) is 0 Å². The summed E-state index contributed by atoms with van der Waals surface area (Å²) < 4.78 is 5.48. The monoisotopic (exact) mass is 278 g/mol. The molecule has 3 aliphatic rings. The van der Waals surface area contributed by atoms with Crippen LogP contribution in [0, 0.1) is 6.92 Å². The van der Waals surface area contributed by atoms with Crippen molar-refractivity contribution in [3.8, 4) is 0 Å². The van der Waals surface area contributed by atoms with Crippen molar-refractivity contribution in [2.24, 2.45) is 0 Å². The minimum Gasteiger partial charge on any atom is -0.379 e. The molecule has 2 atom stereocenters. The largest absolute Gasteiger partial charge is 0.379 e. The minimum atomic E-state index is -0.245. The second-order valence-electron chi connectivity index (χ2n) is 5.81. The number of carbonyl (C=O) groups is 1. The van der Waals surface area contributed by atoms with Crippen LogP contribution in [0.25, 0.3) is 0 Å². The van der Waals surface area contributed by atoms with E-state index in [0.717, 1.165) is 25.9 Å². The zero-order valence-corrected chi connectivity index (χ0v) is 11.8. The van der Waals surface area contributed by atoms with Gasteiger partial charge < -0.3 is 9.64 Å². The predicted molar refractivity (Wildman–Crippen MR) is 73.0 cm³/mol. The Labute approximate surface area is 116 Å². The standard InChI is InChI=1S/C14H18N2O2S/c1-9-2-3-11(19-9)12-15-14(5-6-14)13(17)16(12)10-4-7-18-8-10/h2-3,10,12,15H,4-8H2,1H3. The van der Waals surface area contributed by atoms with Crippen molar-refractivity contribution in [1.82, 2.24) is 10.2 Å². The second kappa shape index (κ2) is 4.04. The van der Waals surface area contributed by atoms with Gasteiger partial charge >= 0.3 is 0 Å². The molecule has 5 heteroatoms. The number of nitrogens with one attached hydrogen (secondary N) is 1. The molecule has 1 amide bonds. The van der Waals surface area contributed by atoms with Crippen LogP contribution in [0.15, 0.2) is 12.1 Å². The van der Waals surface area contributed by atoms with Crippen LogP contribution in [0.3, 0.4) is 0 Å². The molecule has 4 rings (SSSR count). The Bertz CT molecular complexity index is 517. The number of carbonyl (C=O) groups excluding carboxylic acids is 1. The fourth-order valence-corrected chi connectivity index (χ4v) is 4.10. The van der Waals surface area contributed by atoms with Gasteiger partial charge in [-0.15, -0.1) is 11.3 Å². The summed E-state index contributed by atoms with van der Waals surface area (Å²) in [5, 5.41) is 3.58. The number of aryl methyl sites for hydroxylation is 1. The number of amides is 1. The summed E-state index contributed by atoms with van der Waals surface area (Å²) in [5.74, 6) is 0.291. The molecule has 2 saturated heterocycles. The Morgan fingerprint density at radius 3 is 2.89 bits per heavy atom. The predicted octanol–water partition coefficient (Wildman–Crippen LogP) is 1.81. The normalized spacial score (nSPS) is 32.5. The summed E-state index contributed by atoms with van der Waals surface area (Å²) in [6.07, 6.45) is 2.98. The van der Waals surface area contributed by atoms with Crippen LogP contribution >= 0.6 is 11.3 Å². The van der Waals surface area contributed by atoms with Crippen LogP contribution in [-0.2, 0) is 9.53 Å². The zero-order valence-electron chi connectivity index (χ0n) is 11.0. The van der Waals surface area contributed by atoms with Gasteiger partial charge in [-0.3, -0.25) is 10.1 Å². The Morgan fingerprint density at radius 1 is 1.47 bits per heavy atom. The summed E-state index contributed by atoms with van der Waals surface area (Å²) in [6.45, 7) is 3.57. The first kappa shape index (κ1) is 11.9. The average molecular weight is 278 g/mol. The molecule has 0 bridgehead atoms. The maximum Gasteiger partial charge on any atom is 0.244 e. The van der Waals surface area contributed by atoms with E-state index in [1.807, 2.05) is 0 Å². The van der Waals surface area contributed by atoms with Crippen LogP contribution in [0.4, 0.5) is 0 Å². The molecule has 0 radical (unpaired) electrons. The van der Waals surface area contributed by atoms with Gasteiger partial charge in [-0.25, -0.2) is 0 Å². The summed E-state index contributed by atoms with van der Waals surface area (Å²) >= 11 is 1.78. The van der Waals surface area contributed by atoms with E-state index < -0.39 is 0 Å². The van der Waals surface area contributed by atoms with E-state index in [1.54, 1.807) is 11.3 Å². The van der Waals surface area contributed by atoms with Crippen molar-refractivity contribution in [3.05, 3.63) is 21.9 Å². The molecule has 2 unspecified atom stereocenters. The first-order valence-electron chi connectivity index (χ1n) is 6.94. The quantitative estimate of drug-likeness (QED) is 0.897. The molecule has 1 aromatic heterocycles. The zero-order chi connectivity index (χ0) is 13.0. The molecule has 3 fully saturated rings. The fraction of sp³-hybridized carbons (Fsp3) is 0.643. The molecule has 1 aliphatic carbocycles. The van der Waals surface area contributed by atoms with Gasteiger partial charge in [0, 0.05) is 16.4 Å². The van der Waals surface area contributed by atoms with Crippen LogP contribution in [0.1, 0.15) is 35.2 Å². The van der Waals surface area contributed by atoms with Crippen molar-refractivity contribution in [2.75, 3.05) is 13.2 Å². The highest BCUT2D eigenvalue weighted by Gasteiger charge is 2.61. The first-order valence-corrected chi connectivity index (χ1v) is 7.76. The van der Waals surface area contributed by atoms with E-state index in [-0.39, 0.29) is 17.7 Å². The lowest BCUT2D eigenvalue weighted by Gasteiger charge is -2.28. The third-order valence-electron chi connectivity index (χ3n) is 4.41. The molecule has 1 saturated carbocycles. The van der Waals surface area contributed by atoms with Crippen molar-refractivity contribution >= 4 is 17.2 Å². The lowest BCUT2D eigenvalue weighted by molar-refractivity contribution is -0.133.